The molecule has 3 unspecified atom stereocenters. The molecule has 4 aliphatic carbocycles. The molecule has 1 N–H and O–H groups in total. The van der Waals surface area contributed by atoms with Gasteiger partial charge in [0.05, 0.1) is 0 Å². The van der Waals surface area contributed by atoms with Crippen LogP contribution in [-0.2, 0) is 14.4 Å². The Morgan fingerprint density at radius 3 is 2.41 bits per heavy atom. The molecule has 0 aromatic carbocycles. The third-order valence-electron chi connectivity index (χ3n) is 8.19. The van der Waals surface area contributed by atoms with E-state index in [0.29, 0.717) is 24.7 Å². The van der Waals surface area contributed by atoms with Gasteiger partial charge >= 0.3 is 0 Å². The van der Waals surface area contributed by atoms with Crippen LogP contribution >= 0.6 is 0 Å². The summed E-state index contributed by atoms with van der Waals surface area (Å²) in [4.78, 5) is 37.4. The average molecular weight is 401 g/mol. The van der Waals surface area contributed by atoms with Crippen molar-refractivity contribution >= 4 is 17.3 Å². The largest absolute Gasteiger partial charge is 0.389 e. The summed E-state index contributed by atoms with van der Waals surface area (Å²) in [6, 6.07) is 0. The van der Waals surface area contributed by atoms with E-state index in [1.165, 1.54) is 5.57 Å². The predicted molar refractivity (Wildman–Crippen MR) is 114 cm³/mol. The number of carbonyl (C=O) groups excluding carboxylic acids is 3. The fourth-order valence-corrected chi connectivity index (χ4v) is 7.02. The maximum atomic E-state index is 13.3. The molecule has 3 saturated carbocycles. The minimum Gasteiger partial charge on any atom is -0.389 e. The van der Waals surface area contributed by atoms with Crippen LogP contribution in [0.4, 0.5) is 0 Å². The molecule has 4 heteroatoms. The Bertz CT molecular complexity index is 718. The van der Waals surface area contributed by atoms with Gasteiger partial charge in [0.1, 0.15) is 12.4 Å². The second-order valence-corrected chi connectivity index (χ2v) is 9.24. The second kappa shape index (κ2) is 8.96. The third kappa shape index (κ3) is 3.63. The van der Waals surface area contributed by atoms with Crippen molar-refractivity contribution in [2.24, 2.45) is 34.5 Å². The van der Waals surface area contributed by atoms with Crippen LogP contribution in [0.15, 0.2) is 11.6 Å². The van der Waals surface area contributed by atoms with Gasteiger partial charge in [-0.3, -0.25) is 14.4 Å². The number of hydrogen-bond acceptors (Lipinski definition) is 4. The van der Waals surface area contributed by atoms with E-state index in [1.54, 1.807) is 0 Å². The fraction of sp³-hybridized carbons (Fsp3) is 0.720. The first-order valence-corrected chi connectivity index (χ1v) is 11.0. The minimum absolute atomic E-state index is 0.00153. The molecule has 160 valence electrons. The zero-order valence-corrected chi connectivity index (χ0v) is 18.4. The van der Waals surface area contributed by atoms with Crippen molar-refractivity contribution in [1.29, 1.82) is 0 Å². The zero-order valence-electron chi connectivity index (χ0n) is 18.4. The van der Waals surface area contributed by atoms with Crippen LogP contribution in [0.3, 0.4) is 0 Å². The van der Waals surface area contributed by atoms with Crippen molar-refractivity contribution in [3.8, 4) is 12.8 Å². The monoisotopic (exact) mass is 400 g/mol. The molecule has 0 heterocycles. The summed E-state index contributed by atoms with van der Waals surface area (Å²) in [6.07, 6.45) is 15.2. The van der Waals surface area contributed by atoms with Gasteiger partial charge in [0.2, 0.25) is 0 Å². The molecule has 0 aliphatic heterocycles. The Morgan fingerprint density at radius 2 is 1.79 bits per heavy atom. The second-order valence-electron chi connectivity index (χ2n) is 9.24. The summed E-state index contributed by atoms with van der Waals surface area (Å²) >= 11 is 0. The van der Waals surface area contributed by atoms with E-state index in [2.05, 4.69) is 26.7 Å². The molecule has 0 saturated heterocycles. The number of Topliss-reactive ketones (excluding diaryl/α,β-unsaturated/α-hetero) is 2. The third-order valence-corrected chi connectivity index (χ3v) is 8.19. The van der Waals surface area contributed by atoms with E-state index in [4.69, 9.17) is 0 Å². The lowest BCUT2D eigenvalue weighted by Crippen LogP contribution is -2.55. The van der Waals surface area contributed by atoms with Crippen LogP contribution in [0.5, 0.6) is 0 Å². The van der Waals surface area contributed by atoms with Crippen molar-refractivity contribution in [1.82, 2.24) is 0 Å². The number of carbonyl (C=O) groups is 3. The summed E-state index contributed by atoms with van der Waals surface area (Å²) in [5.74, 6) is 0.913. The van der Waals surface area contributed by atoms with Crippen molar-refractivity contribution in [3.05, 3.63) is 11.6 Å². The lowest BCUT2D eigenvalue weighted by molar-refractivity contribution is -0.149. The maximum Gasteiger partial charge on any atom is 0.161 e. The van der Waals surface area contributed by atoms with Crippen LogP contribution in [0.25, 0.3) is 0 Å². The summed E-state index contributed by atoms with van der Waals surface area (Å²) in [5.41, 5.74) is 0.719. The predicted octanol–water partition coefficient (Wildman–Crippen LogP) is 4.15. The minimum atomic E-state index is -0.415. The lowest BCUT2D eigenvalue weighted by Gasteiger charge is -2.56. The molecule has 3 fully saturated rings. The fourth-order valence-electron chi connectivity index (χ4n) is 7.02. The Hall–Kier alpha value is -1.73. The van der Waals surface area contributed by atoms with Crippen molar-refractivity contribution in [2.75, 3.05) is 6.61 Å². The molecule has 6 atom stereocenters. The van der Waals surface area contributed by atoms with E-state index in [-0.39, 0.29) is 40.0 Å². The highest BCUT2D eigenvalue weighted by atomic mass is 16.3. The van der Waals surface area contributed by atoms with Gasteiger partial charge in [0, 0.05) is 24.7 Å². The quantitative estimate of drug-likeness (QED) is 0.707. The van der Waals surface area contributed by atoms with Crippen molar-refractivity contribution in [2.45, 2.75) is 72.6 Å². The number of aliphatic hydroxyl groups is 1. The van der Waals surface area contributed by atoms with Gasteiger partial charge in [0.15, 0.2) is 11.6 Å². The first-order valence-electron chi connectivity index (χ1n) is 11.0. The number of ketones is 3. The van der Waals surface area contributed by atoms with Gasteiger partial charge < -0.3 is 5.11 Å². The van der Waals surface area contributed by atoms with E-state index < -0.39 is 6.61 Å². The highest BCUT2D eigenvalue weighted by Gasteiger charge is 2.62. The van der Waals surface area contributed by atoms with Gasteiger partial charge in [-0.05, 0) is 60.8 Å². The normalized spacial score (nSPS) is 40.0. The molecule has 0 spiro atoms. The maximum absolute atomic E-state index is 13.3. The van der Waals surface area contributed by atoms with Gasteiger partial charge in [-0.25, -0.2) is 0 Å². The highest BCUT2D eigenvalue weighted by Crippen LogP contribution is 2.65. The molecule has 0 radical (unpaired) electrons. The lowest BCUT2D eigenvalue weighted by atomic mass is 9.46. The van der Waals surface area contributed by atoms with E-state index >= 15 is 0 Å². The number of aliphatic hydroxyl groups excluding tert-OH is 1. The molecule has 0 aromatic rings. The molecule has 0 aromatic heterocycles. The topological polar surface area (TPSA) is 71.4 Å². The molecule has 29 heavy (non-hydrogen) atoms. The number of allylic oxidation sites excluding steroid dienone is 1. The zero-order chi connectivity index (χ0) is 22.0. The average Bonchev–Trinajstić information content (AvgIpc) is 3.07. The van der Waals surface area contributed by atoms with Crippen LogP contribution < -0.4 is 0 Å². The van der Waals surface area contributed by atoms with E-state index in [0.717, 1.165) is 32.1 Å². The van der Waals surface area contributed by atoms with E-state index in [1.807, 2.05) is 19.9 Å². The molecular formula is C25H36O4. The molecule has 0 bridgehead atoms. The Labute approximate surface area is 175 Å². The standard InChI is InChI=1S/C21H28O4.C2H6.C2H2/c1-20-8-7-13(23)9-12(20)3-4-14-15-5-6-16(18(25)11-22)21(15,2)10-17(24)19(14)20;2*1-2/h9,14-16,19,22H,3-8,10-11H2,1-2H3;1-2H3;1-2H/t14?,15?,16-,19?,20+,21+;;/m1../s1. The van der Waals surface area contributed by atoms with Crippen LogP contribution in [0.1, 0.15) is 72.6 Å². The summed E-state index contributed by atoms with van der Waals surface area (Å²) in [5, 5.41) is 9.34. The van der Waals surface area contributed by atoms with Gasteiger partial charge in [-0.1, -0.05) is 33.3 Å². The molecular weight excluding hydrogens is 364 g/mol. The first kappa shape index (κ1) is 23.5. The smallest absolute Gasteiger partial charge is 0.161 e. The SMILES string of the molecule is C#C.CC.C[C@]12CCC(=O)C=C1CCC1C2C(=O)C[C@@]2(C)C1CC[C@@H]2C(=O)CO. The van der Waals surface area contributed by atoms with Gasteiger partial charge in [-0.2, -0.15) is 0 Å². The van der Waals surface area contributed by atoms with Gasteiger partial charge in [0.25, 0.3) is 0 Å². The molecule has 4 rings (SSSR count). The van der Waals surface area contributed by atoms with Gasteiger partial charge in [-0.15, -0.1) is 12.8 Å². The summed E-state index contributed by atoms with van der Waals surface area (Å²) in [6.45, 7) is 7.88. The van der Waals surface area contributed by atoms with E-state index in [9.17, 15) is 19.5 Å². The molecule has 4 aliphatic rings. The summed E-state index contributed by atoms with van der Waals surface area (Å²) in [7, 11) is 0. The van der Waals surface area contributed by atoms with Crippen LogP contribution in [0, 0.1) is 47.3 Å². The molecule has 4 nitrogen and oxygen atoms in total. The number of rotatable bonds is 2. The number of terminal acetylenes is 1. The Morgan fingerprint density at radius 1 is 1.14 bits per heavy atom. The van der Waals surface area contributed by atoms with Crippen LogP contribution in [-0.4, -0.2) is 29.1 Å². The number of fused-ring (bicyclic) bond motifs is 5. The Balaban J connectivity index is 0.000000707. The highest BCUT2D eigenvalue weighted by molar-refractivity contribution is 5.93. The van der Waals surface area contributed by atoms with Crippen LogP contribution in [0.2, 0.25) is 0 Å². The van der Waals surface area contributed by atoms with Crippen molar-refractivity contribution < 1.29 is 19.5 Å². The first-order chi connectivity index (χ1) is 13.8. The number of hydrogen-bond donors (Lipinski definition) is 1. The summed E-state index contributed by atoms with van der Waals surface area (Å²) < 4.78 is 0. The molecule has 0 amide bonds. The van der Waals surface area contributed by atoms with Crippen molar-refractivity contribution in [3.63, 3.8) is 0 Å². The Kier molecular flexibility index (Phi) is 7.28.